The van der Waals surface area contributed by atoms with Crippen molar-refractivity contribution in [3.63, 3.8) is 0 Å². The van der Waals surface area contributed by atoms with Gasteiger partial charge in [0.25, 0.3) is 5.56 Å². The minimum Gasteiger partial charge on any atom is -0.298 e. The third-order valence-corrected chi connectivity index (χ3v) is 2.54. The van der Waals surface area contributed by atoms with E-state index in [9.17, 15) is 22.8 Å². The molecular formula is C12H9F3N2O2. The summed E-state index contributed by atoms with van der Waals surface area (Å²) in [6.45, 7) is 1.07. The number of carbonyl (C=O) groups excluding carboxylic acids is 1. The van der Waals surface area contributed by atoms with Gasteiger partial charge in [0.2, 0.25) is 0 Å². The van der Waals surface area contributed by atoms with E-state index < -0.39 is 17.3 Å². The molecule has 0 aliphatic carbocycles. The lowest BCUT2D eigenvalue weighted by Crippen LogP contribution is -2.23. The van der Waals surface area contributed by atoms with Crippen molar-refractivity contribution in [3.8, 4) is 0 Å². The molecule has 4 nitrogen and oxygen atoms in total. The largest absolute Gasteiger partial charge is 0.416 e. The van der Waals surface area contributed by atoms with Crippen LogP contribution < -0.4 is 5.56 Å². The summed E-state index contributed by atoms with van der Waals surface area (Å²) < 4.78 is 38.7. The SMILES string of the molecule is CC(=O)Cn1cnc2ccc(C(F)(F)F)cc2c1=O. The number of rotatable bonds is 2. The summed E-state index contributed by atoms with van der Waals surface area (Å²) in [5, 5.41) is -0.154. The molecule has 0 saturated carbocycles. The van der Waals surface area contributed by atoms with Crippen LogP contribution in [0.1, 0.15) is 12.5 Å². The molecule has 1 aromatic heterocycles. The molecule has 1 heterocycles. The number of fused-ring (bicyclic) bond motifs is 1. The number of aromatic nitrogens is 2. The van der Waals surface area contributed by atoms with E-state index >= 15 is 0 Å². The molecule has 7 heteroatoms. The van der Waals surface area contributed by atoms with Crippen molar-refractivity contribution in [2.24, 2.45) is 0 Å². The van der Waals surface area contributed by atoms with Gasteiger partial charge in [-0.3, -0.25) is 14.2 Å². The van der Waals surface area contributed by atoms with E-state index in [4.69, 9.17) is 0 Å². The second kappa shape index (κ2) is 4.49. The molecule has 0 radical (unpaired) electrons. The fraction of sp³-hybridized carbons (Fsp3) is 0.250. The summed E-state index contributed by atoms with van der Waals surface area (Å²) in [5.74, 6) is -0.282. The Balaban J connectivity index is 2.66. The standard InChI is InChI=1S/C12H9F3N2O2/c1-7(18)5-17-6-16-10-3-2-8(12(13,14)15)4-9(10)11(17)19/h2-4,6H,5H2,1H3. The lowest BCUT2D eigenvalue weighted by Gasteiger charge is -2.08. The lowest BCUT2D eigenvalue weighted by atomic mass is 10.1. The normalized spacial score (nSPS) is 11.8. The fourth-order valence-electron chi connectivity index (χ4n) is 1.69. The quantitative estimate of drug-likeness (QED) is 0.838. The highest BCUT2D eigenvalue weighted by atomic mass is 19.4. The predicted molar refractivity (Wildman–Crippen MR) is 61.7 cm³/mol. The van der Waals surface area contributed by atoms with Crippen LogP contribution in [-0.4, -0.2) is 15.3 Å². The Kier molecular flexibility index (Phi) is 3.13. The summed E-state index contributed by atoms with van der Waals surface area (Å²) in [4.78, 5) is 26.8. The van der Waals surface area contributed by atoms with E-state index in [1.54, 1.807) is 0 Å². The van der Waals surface area contributed by atoms with Crippen LogP contribution in [-0.2, 0) is 17.5 Å². The topological polar surface area (TPSA) is 52.0 Å². The van der Waals surface area contributed by atoms with Crippen LogP contribution in [0.25, 0.3) is 10.9 Å². The first-order chi connectivity index (χ1) is 8.79. The van der Waals surface area contributed by atoms with E-state index in [1.165, 1.54) is 6.92 Å². The molecule has 0 unspecified atom stereocenters. The van der Waals surface area contributed by atoms with E-state index in [-0.39, 0.29) is 23.2 Å². The smallest absolute Gasteiger partial charge is 0.298 e. The van der Waals surface area contributed by atoms with Crippen LogP contribution in [0.3, 0.4) is 0 Å². The first-order valence-electron chi connectivity index (χ1n) is 5.35. The van der Waals surface area contributed by atoms with Crippen molar-refractivity contribution in [3.05, 3.63) is 40.4 Å². The lowest BCUT2D eigenvalue weighted by molar-refractivity contribution is -0.137. The van der Waals surface area contributed by atoms with E-state index in [1.807, 2.05) is 0 Å². The summed E-state index contributed by atoms with van der Waals surface area (Å²) in [7, 11) is 0. The molecule has 1 aromatic carbocycles. The van der Waals surface area contributed by atoms with Gasteiger partial charge in [-0.05, 0) is 25.1 Å². The number of Topliss-reactive ketones (excluding diaryl/α,β-unsaturated/α-hetero) is 1. The monoisotopic (exact) mass is 270 g/mol. The van der Waals surface area contributed by atoms with Crippen LogP contribution in [0, 0.1) is 0 Å². The Bertz CT molecular complexity index is 704. The number of benzene rings is 1. The van der Waals surface area contributed by atoms with Gasteiger partial charge in [0, 0.05) is 0 Å². The second-order valence-electron chi connectivity index (χ2n) is 4.11. The molecule has 2 aromatic rings. The highest BCUT2D eigenvalue weighted by Crippen LogP contribution is 2.30. The number of hydrogen-bond acceptors (Lipinski definition) is 3. The van der Waals surface area contributed by atoms with Crippen molar-refractivity contribution in [1.29, 1.82) is 0 Å². The molecule has 0 fully saturated rings. The number of hydrogen-bond donors (Lipinski definition) is 0. The molecule has 2 rings (SSSR count). The Hall–Kier alpha value is -2.18. The van der Waals surface area contributed by atoms with Gasteiger partial charge in [0.05, 0.1) is 29.3 Å². The van der Waals surface area contributed by atoms with Crippen LogP contribution >= 0.6 is 0 Å². The number of halogens is 3. The Labute approximate surface area is 105 Å². The van der Waals surface area contributed by atoms with E-state index in [2.05, 4.69) is 4.98 Å². The highest BCUT2D eigenvalue weighted by Gasteiger charge is 2.30. The number of ketones is 1. The highest BCUT2D eigenvalue weighted by molar-refractivity contribution is 5.79. The van der Waals surface area contributed by atoms with E-state index in [0.29, 0.717) is 0 Å². The molecule has 0 saturated heterocycles. The molecule has 19 heavy (non-hydrogen) atoms. The summed E-state index contributed by atoms with van der Waals surface area (Å²) >= 11 is 0. The summed E-state index contributed by atoms with van der Waals surface area (Å²) in [6.07, 6.45) is -3.37. The fourth-order valence-corrected chi connectivity index (χ4v) is 1.69. The second-order valence-corrected chi connectivity index (χ2v) is 4.11. The van der Waals surface area contributed by atoms with Gasteiger partial charge in [0.15, 0.2) is 0 Å². The molecule has 100 valence electrons. The van der Waals surface area contributed by atoms with E-state index in [0.717, 1.165) is 29.1 Å². The number of alkyl halides is 3. The van der Waals surface area contributed by atoms with Crippen LogP contribution in [0.15, 0.2) is 29.3 Å². The molecule has 0 spiro atoms. The number of nitrogens with zero attached hydrogens (tertiary/aromatic N) is 2. The first-order valence-corrected chi connectivity index (χ1v) is 5.35. The maximum absolute atomic E-state index is 12.6. The summed E-state index contributed by atoms with van der Waals surface area (Å²) in [5.41, 5.74) is -1.41. The molecule has 0 atom stereocenters. The van der Waals surface area contributed by atoms with Crippen LogP contribution in [0.4, 0.5) is 13.2 Å². The zero-order chi connectivity index (χ0) is 14.2. The van der Waals surface area contributed by atoms with Crippen molar-refractivity contribution < 1.29 is 18.0 Å². The van der Waals surface area contributed by atoms with Gasteiger partial charge < -0.3 is 0 Å². The van der Waals surface area contributed by atoms with Gasteiger partial charge >= 0.3 is 6.18 Å². The zero-order valence-corrected chi connectivity index (χ0v) is 9.86. The van der Waals surface area contributed by atoms with Crippen LogP contribution in [0.5, 0.6) is 0 Å². The maximum Gasteiger partial charge on any atom is 0.416 e. The van der Waals surface area contributed by atoms with Gasteiger partial charge in [-0.1, -0.05) is 0 Å². The third kappa shape index (κ3) is 2.64. The molecule has 0 aliphatic heterocycles. The molecule has 0 N–H and O–H groups in total. The Morgan fingerprint density at radius 3 is 2.63 bits per heavy atom. The minimum absolute atomic E-state index is 0.154. The van der Waals surface area contributed by atoms with Crippen LogP contribution in [0.2, 0.25) is 0 Å². The van der Waals surface area contributed by atoms with Gasteiger partial charge in [-0.2, -0.15) is 13.2 Å². The third-order valence-electron chi connectivity index (χ3n) is 2.54. The maximum atomic E-state index is 12.6. The van der Waals surface area contributed by atoms with Gasteiger partial charge in [-0.15, -0.1) is 0 Å². The Morgan fingerprint density at radius 1 is 1.37 bits per heavy atom. The predicted octanol–water partition coefficient (Wildman–Crippen LogP) is 2.00. The average molecular weight is 270 g/mol. The Morgan fingerprint density at radius 2 is 2.05 bits per heavy atom. The average Bonchev–Trinajstić information content (AvgIpc) is 2.31. The van der Waals surface area contributed by atoms with Crippen molar-refractivity contribution in [1.82, 2.24) is 9.55 Å². The van der Waals surface area contributed by atoms with Gasteiger partial charge in [0.1, 0.15) is 5.78 Å². The zero-order valence-electron chi connectivity index (χ0n) is 9.86. The van der Waals surface area contributed by atoms with Crippen molar-refractivity contribution >= 4 is 16.7 Å². The number of carbonyl (C=O) groups is 1. The minimum atomic E-state index is -4.53. The summed E-state index contributed by atoms with van der Waals surface area (Å²) in [6, 6.07) is 2.75. The molecule has 0 aliphatic rings. The van der Waals surface area contributed by atoms with Crippen molar-refractivity contribution in [2.75, 3.05) is 0 Å². The van der Waals surface area contributed by atoms with Gasteiger partial charge in [-0.25, -0.2) is 4.98 Å². The first kappa shape index (κ1) is 13.3. The molecule has 0 amide bonds. The van der Waals surface area contributed by atoms with Crippen molar-refractivity contribution in [2.45, 2.75) is 19.6 Å². The molecule has 0 bridgehead atoms. The molecular weight excluding hydrogens is 261 g/mol.